The zero-order valence-electron chi connectivity index (χ0n) is 13.1. The number of aliphatic imine (C=N–C) groups is 3. The van der Waals surface area contributed by atoms with Gasteiger partial charge in [-0.1, -0.05) is 0 Å². The number of hydrogen-bond acceptors (Lipinski definition) is 3. The van der Waals surface area contributed by atoms with E-state index in [0.29, 0.717) is 12.1 Å². The van der Waals surface area contributed by atoms with Crippen molar-refractivity contribution in [3.63, 3.8) is 0 Å². The van der Waals surface area contributed by atoms with Gasteiger partial charge in [-0.15, -0.1) is 0 Å². The van der Waals surface area contributed by atoms with Crippen LogP contribution >= 0.6 is 0 Å². The van der Waals surface area contributed by atoms with Gasteiger partial charge in [-0.05, 0) is 68.9 Å². The Morgan fingerprint density at radius 2 is 1.39 bits per heavy atom. The molecule has 4 heteroatoms. The number of fused-ring (bicyclic) bond motifs is 6. The average Bonchev–Trinajstić information content (AvgIpc) is 3.28. The molecule has 0 saturated carbocycles. The molecule has 0 radical (unpaired) electrons. The molecule has 4 aliphatic rings. The monoisotopic (exact) mass is 304 g/mol. The molecule has 0 saturated heterocycles. The van der Waals surface area contributed by atoms with Crippen molar-refractivity contribution < 1.29 is 0 Å². The first-order valence-electron chi connectivity index (χ1n) is 8.62. The quantitative estimate of drug-likeness (QED) is 0.761. The normalized spacial score (nSPS) is 33.9. The van der Waals surface area contributed by atoms with Crippen molar-refractivity contribution in [2.45, 2.75) is 50.6 Å². The number of aromatic nitrogens is 1. The third kappa shape index (κ3) is 2.52. The van der Waals surface area contributed by atoms with Crippen molar-refractivity contribution in [2.24, 2.45) is 15.0 Å². The molecule has 0 spiro atoms. The number of nitrogens with one attached hydrogen (secondary N) is 1. The Hall–Kier alpha value is -2.23. The number of allylic oxidation sites excluding steroid dienone is 2. The van der Waals surface area contributed by atoms with Crippen LogP contribution in [-0.4, -0.2) is 34.2 Å². The van der Waals surface area contributed by atoms with E-state index >= 15 is 0 Å². The summed E-state index contributed by atoms with van der Waals surface area (Å²) < 4.78 is 0. The molecule has 0 aromatic carbocycles. The third-order valence-electron chi connectivity index (χ3n) is 5.13. The molecule has 1 N–H and O–H groups in total. The van der Waals surface area contributed by atoms with Crippen LogP contribution in [-0.2, 0) is 0 Å². The lowest BCUT2D eigenvalue weighted by Crippen LogP contribution is -2.17. The van der Waals surface area contributed by atoms with Gasteiger partial charge in [0.2, 0.25) is 0 Å². The molecule has 5 rings (SSSR count). The van der Waals surface area contributed by atoms with Gasteiger partial charge in [0, 0.05) is 33.5 Å². The van der Waals surface area contributed by atoms with Gasteiger partial charge in [0.1, 0.15) is 0 Å². The van der Waals surface area contributed by atoms with Crippen LogP contribution in [0.5, 0.6) is 0 Å². The van der Waals surface area contributed by atoms with Crippen LogP contribution in [0, 0.1) is 0 Å². The van der Waals surface area contributed by atoms with E-state index in [1.807, 2.05) is 0 Å². The van der Waals surface area contributed by atoms with Crippen LogP contribution < -0.4 is 10.7 Å². The molecule has 2 atom stereocenters. The highest BCUT2D eigenvalue weighted by Crippen LogP contribution is 2.28. The predicted octanol–water partition coefficient (Wildman–Crippen LogP) is 1.91. The van der Waals surface area contributed by atoms with Gasteiger partial charge in [0.15, 0.2) is 0 Å². The molecule has 1 aromatic heterocycles. The second-order valence-corrected chi connectivity index (χ2v) is 6.85. The molecule has 23 heavy (non-hydrogen) atoms. The standard InChI is InChI=1S/C19H20N4/c1-3-14-10-16-5-7-18(22-16)19-8-6-17(23-19)11-15-4-2-13(21-15)9-12(1)20-14/h1,3,9-11,18-20H,2,4-8H2/b12-9-,14-10-,15-11-. The van der Waals surface area contributed by atoms with Crippen LogP contribution in [0.3, 0.4) is 0 Å². The van der Waals surface area contributed by atoms with Crippen LogP contribution in [0.15, 0.2) is 38.9 Å². The molecule has 1 aromatic rings. The van der Waals surface area contributed by atoms with Crippen LogP contribution in [0.25, 0.3) is 12.2 Å². The number of aromatic amines is 1. The highest BCUT2D eigenvalue weighted by Gasteiger charge is 2.28. The van der Waals surface area contributed by atoms with Crippen LogP contribution in [0.2, 0.25) is 0 Å². The highest BCUT2D eigenvalue weighted by atomic mass is 15.0. The van der Waals surface area contributed by atoms with Gasteiger partial charge in [-0.2, -0.15) is 0 Å². The average molecular weight is 304 g/mol. The smallest absolute Gasteiger partial charge is 0.0730 e. The Bertz CT molecular complexity index is 894. The Morgan fingerprint density at radius 3 is 2.13 bits per heavy atom. The summed E-state index contributed by atoms with van der Waals surface area (Å²) in [6, 6.07) is 4.99. The van der Waals surface area contributed by atoms with Crippen molar-refractivity contribution in [3.05, 3.63) is 34.6 Å². The van der Waals surface area contributed by atoms with E-state index in [1.165, 1.54) is 17.1 Å². The lowest BCUT2D eigenvalue weighted by Gasteiger charge is -2.11. The first-order valence-corrected chi connectivity index (χ1v) is 8.62. The molecule has 8 bridgehead atoms. The lowest BCUT2D eigenvalue weighted by atomic mass is 10.0. The number of hydrogen-bond donors (Lipinski definition) is 1. The summed E-state index contributed by atoms with van der Waals surface area (Å²) in [5.74, 6) is 0. The Morgan fingerprint density at radius 1 is 0.739 bits per heavy atom. The number of rotatable bonds is 0. The minimum Gasteiger partial charge on any atom is -0.355 e. The molecule has 116 valence electrons. The van der Waals surface area contributed by atoms with E-state index < -0.39 is 0 Å². The molecule has 2 unspecified atom stereocenters. The minimum atomic E-state index is 0.367. The summed E-state index contributed by atoms with van der Waals surface area (Å²) in [6.45, 7) is 0. The highest BCUT2D eigenvalue weighted by molar-refractivity contribution is 6.12. The van der Waals surface area contributed by atoms with Crippen molar-refractivity contribution in [3.8, 4) is 0 Å². The third-order valence-corrected chi connectivity index (χ3v) is 5.13. The van der Waals surface area contributed by atoms with Crippen molar-refractivity contribution in [2.75, 3.05) is 0 Å². The molecule has 4 nitrogen and oxygen atoms in total. The Kier molecular flexibility index (Phi) is 2.96. The van der Waals surface area contributed by atoms with Gasteiger partial charge < -0.3 is 4.98 Å². The van der Waals surface area contributed by atoms with Gasteiger partial charge in [-0.3, -0.25) is 15.0 Å². The topological polar surface area (TPSA) is 52.9 Å². The van der Waals surface area contributed by atoms with E-state index in [4.69, 9.17) is 15.0 Å². The fourth-order valence-electron chi connectivity index (χ4n) is 3.96. The summed E-state index contributed by atoms with van der Waals surface area (Å²) in [6.07, 6.45) is 13.0. The van der Waals surface area contributed by atoms with Crippen LogP contribution in [0.1, 0.15) is 38.5 Å². The second kappa shape index (κ2) is 5.15. The minimum absolute atomic E-state index is 0.367. The summed E-state index contributed by atoms with van der Waals surface area (Å²) in [7, 11) is 0. The predicted molar refractivity (Wildman–Crippen MR) is 94.6 cm³/mol. The van der Waals surface area contributed by atoms with Gasteiger partial charge in [0.25, 0.3) is 0 Å². The van der Waals surface area contributed by atoms with Crippen molar-refractivity contribution in [1.82, 2.24) is 4.98 Å². The Labute approximate surface area is 135 Å². The number of H-pyrrole nitrogens is 1. The van der Waals surface area contributed by atoms with E-state index in [0.717, 1.165) is 54.9 Å². The van der Waals surface area contributed by atoms with E-state index in [1.54, 1.807) is 0 Å². The molecular weight excluding hydrogens is 284 g/mol. The maximum absolute atomic E-state index is 4.94. The SMILES string of the molecule is C1=C2/CCC(=N2)/C=c2/cc/c([nH]2)=C/C2=NC(CC2)C2CCC/1=N2. The maximum atomic E-state index is 4.94. The fraction of sp³-hybridized carbons (Fsp3) is 0.421. The summed E-state index contributed by atoms with van der Waals surface area (Å²) in [5, 5.41) is 2.26. The summed E-state index contributed by atoms with van der Waals surface area (Å²) >= 11 is 0. The van der Waals surface area contributed by atoms with Gasteiger partial charge in [0.05, 0.1) is 12.1 Å². The molecular formula is C19H20N4. The zero-order valence-corrected chi connectivity index (χ0v) is 13.1. The molecule has 0 aliphatic carbocycles. The lowest BCUT2D eigenvalue weighted by molar-refractivity contribution is 0.527. The summed E-state index contributed by atoms with van der Waals surface area (Å²) in [4.78, 5) is 18.1. The van der Waals surface area contributed by atoms with Crippen molar-refractivity contribution >= 4 is 29.3 Å². The maximum Gasteiger partial charge on any atom is 0.0730 e. The van der Waals surface area contributed by atoms with E-state index in [-0.39, 0.29) is 0 Å². The fourth-order valence-corrected chi connectivity index (χ4v) is 3.96. The zero-order chi connectivity index (χ0) is 15.2. The largest absolute Gasteiger partial charge is 0.355 e. The van der Waals surface area contributed by atoms with Gasteiger partial charge in [-0.25, -0.2) is 0 Å². The Balaban J connectivity index is 1.65. The molecule has 0 fully saturated rings. The van der Waals surface area contributed by atoms with E-state index in [2.05, 4.69) is 35.3 Å². The first kappa shape index (κ1) is 13.2. The van der Waals surface area contributed by atoms with Crippen molar-refractivity contribution in [1.29, 1.82) is 0 Å². The molecule has 4 aliphatic heterocycles. The molecule has 5 heterocycles. The first-order chi connectivity index (χ1) is 11.3. The van der Waals surface area contributed by atoms with Crippen LogP contribution in [0.4, 0.5) is 0 Å². The molecule has 0 amide bonds. The summed E-state index contributed by atoms with van der Waals surface area (Å²) in [5.41, 5.74) is 4.77. The van der Waals surface area contributed by atoms with E-state index in [9.17, 15) is 0 Å². The second-order valence-electron chi connectivity index (χ2n) is 6.85. The van der Waals surface area contributed by atoms with Gasteiger partial charge >= 0.3 is 0 Å². The number of nitrogens with zero attached hydrogens (tertiary/aromatic N) is 3.